The number of rotatable bonds is 1. The van der Waals surface area contributed by atoms with Crippen molar-refractivity contribution in [3.8, 4) is 0 Å². The van der Waals surface area contributed by atoms with E-state index in [1.54, 1.807) is 0 Å². The Morgan fingerprint density at radius 3 is 2.42 bits per heavy atom. The molecule has 0 saturated carbocycles. The summed E-state index contributed by atoms with van der Waals surface area (Å²) in [5, 5.41) is 8.35. The van der Waals surface area contributed by atoms with E-state index >= 15 is 0 Å². The maximum absolute atomic E-state index is 12.7. The average molecular weight is 171 g/mol. The second-order valence-corrected chi connectivity index (χ2v) is 2.21. The molecular weight excluding hydrogens is 166 g/mol. The van der Waals surface area contributed by atoms with Gasteiger partial charge in [-0.05, 0) is 18.6 Å². The Labute approximate surface area is 67.4 Å². The first kappa shape index (κ1) is 8.64. The molecule has 0 saturated heterocycles. The van der Waals surface area contributed by atoms with Crippen molar-refractivity contribution in [1.82, 2.24) is 0 Å². The van der Waals surface area contributed by atoms with Crippen molar-refractivity contribution in [2.75, 3.05) is 0 Å². The van der Waals surface area contributed by atoms with Crippen LogP contribution in [0.15, 0.2) is 12.1 Å². The van der Waals surface area contributed by atoms with E-state index in [0.717, 1.165) is 12.1 Å². The van der Waals surface area contributed by atoms with Crippen LogP contribution in [0.3, 0.4) is 0 Å². The van der Waals surface area contributed by atoms with Gasteiger partial charge in [0.05, 0.1) is 5.56 Å². The number of carboxylic acid groups (broad SMARTS) is 1. The molecule has 4 heteroatoms. The normalized spacial score (nSPS) is 9.92. The smallest absolute Gasteiger partial charge is 0.338 e. The summed E-state index contributed by atoms with van der Waals surface area (Å²) in [7, 11) is 0. The van der Waals surface area contributed by atoms with Gasteiger partial charge in [0.15, 0.2) is 11.6 Å². The number of hydrogen-bond acceptors (Lipinski definition) is 1. The third-order valence-electron chi connectivity index (χ3n) is 1.39. The highest BCUT2D eigenvalue weighted by molar-refractivity contribution is 5.88. The van der Waals surface area contributed by atoms with Crippen LogP contribution in [0.2, 0.25) is 0 Å². The van der Waals surface area contributed by atoms with E-state index in [0.29, 0.717) is 0 Å². The molecule has 1 N–H and O–H groups in total. The Hall–Kier alpha value is -1.45. The molecule has 0 bridgehead atoms. The van der Waals surface area contributed by atoms with Crippen molar-refractivity contribution < 1.29 is 18.7 Å². The Kier molecular flexibility index (Phi) is 2.08. The van der Waals surface area contributed by atoms with Gasteiger partial charge in [0.1, 0.15) is 0 Å². The Morgan fingerprint density at radius 1 is 1.33 bits per heavy atom. The second-order valence-electron chi connectivity index (χ2n) is 2.21. The predicted octanol–water partition coefficient (Wildman–Crippen LogP) is 1.85. The van der Waals surface area contributed by atoms with Crippen molar-refractivity contribution in [2.45, 2.75) is 0 Å². The fourth-order valence-corrected chi connectivity index (χ4v) is 0.755. The fourth-order valence-electron chi connectivity index (χ4n) is 0.755. The SMILES string of the molecule is [CH2]c1ccc(C(=O)O)c(F)c1F. The Morgan fingerprint density at radius 2 is 1.92 bits per heavy atom. The van der Waals surface area contributed by atoms with Crippen molar-refractivity contribution in [3.63, 3.8) is 0 Å². The summed E-state index contributed by atoms with van der Waals surface area (Å²) in [5.74, 6) is -4.07. The monoisotopic (exact) mass is 171 g/mol. The van der Waals surface area contributed by atoms with Crippen LogP contribution < -0.4 is 0 Å². The van der Waals surface area contributed by atoms with Gasteiger partial charge in [0.25, 0.3) is 0 Å². The number of halogens is 2. The van der Waals surface area contributed by atoms with E-state index in [2.05, 4.69) is 6.92 Å². The summed E-state index contributed by atoms with van der Waals surface area (Å²) in [4.78, 5) is 10.3. The lowest BCUT2D eigenvalue weighted by atomic mass is 10.1. The van der Waals surface area contributed by atoms with Gasteiger partial charge in [-0.3, -0.25) is 0 Å². The molecule has 0 spiro atoms. The summed E-state index contributed by atoms with van der Waals surface area (Å²) in [6, 6.07) is 2.09. The summed E-state index contributed by atoms with van der Waals surface area (Å²) >= 11 is 0. The first-order valence-electron chi connectivity index (χ1n) is 3.07. The van der Waals surface area contributed by atoms with Crippen LogP contribution in [0.5, 0.6) is 0 Å². The maximum Gasteiger partial charge on any atom is 0.338 e. The van der Waals surface area contributed by atoms with E-state index in [-0.39, 0.29) is 5.56 Å². The Bertz CT molecular complexity index is 334. The van der Waals surface area contributed by atoms with Gasteiger partial charge in [-0.25, -0.2) is 13.6 Å². The van der Waals surface area contributed by atoms with E-state index in [1.165, 1.54) is 0 Å². The topological polar surface area (TPSA) is 37.3 Å². The van der Waals surface area contributed by atoms with E-state index in [9.17, 15) is 13.6 Å². The lowest BCUT2D eigenvalue weighted by Crippen LogP contribution is -2.03. The first-order chi connectivity index (χ1) is 5.54. The van der Waals surface area contributed by atoms with Crippen molar-refractivity contribution in [2.24, 2.45) is 0 Å². The van der Waals surface area contributed by atoms with Crippen LogP contribution >= 0.6 is 0 Å². The Balaban J connectivity index is 3.36. The summed E-state index contributed by atoms with van der Waals surface area (Å²) < 4.78 is 25.4. The molecule has 63 valence electrons. The molecule has 1 rings (SSSR count). The molecule has 0 atom stereocenters. The van der Waals surface area contributed by atoms with Crippen LogP contribution in [-0.4, -0.2) is 11.1 Å². The molecule has 0 fully saturated rings. The van der Waals surface area contributed by atoms with E-state index in [1.807, 2.05) is 0 Å². The summed E-state index contributed by atoms with van der Waals surface area (Å²) in [6.07, 6.45) is 0. The molecular formula is C8H5F2O2. The van der Waals surface area contributed by atoms with Gasteiger partial charge in [-0.1, -0.05) is 6.07 Å². The number of carbonyl (C=O) groups is 1. The summed E-state index contributed by atoms with van der Waals surface area (Å²) in [5.41, 5.74) is -0.836. The van der Waals surface area contributed by atoms with E-state index < -0.39 is 23.2 Å². The molecule has 2 nitrogen and oxygen atoms in total. The highest BCUT2D eigenvalue weighted by Gasteiger charge is 2.15. The molecule has 1 radical (unpaired) electrons. The fraction of sp³-hybridized carbons (Fsp3) is 0. The van der Waals surface area contributed by atoms with Gasteiger partial charge in [-0.2, -0.15) is 0 Å². The van der Waals surface area contributed by atoms with Gasteiger partial charge < -0.3 is 5.11 Å². The molecule has 0 unspecified atom stereocenters. The van der Waals surface area contributed by atoms with Crippen LogP contribution in [-0.2, 0) is 0 Å². The molecule has 0 heterocycles. The van der Waals surface area contributed by atoms with Gasteiger partial charge >= 0.3 is 5.97 Å². The zero-order valence-electron chi connectivity index (χ0n) is 5.97. The van der Waals surface area contributed by atoms with Gasteiger partial charge in [0.2, 0.25) is 0 Å². The summed E-state index contributed by atoms with van der Waals surface area (Å²) in [6.45, 7) is 3.17. The standard InChI is InChI=1S/C8H5F2O2/c1-4-2-3-5(8(11)12)7(10)6(4)9/h2-3H,1H2,(H,11,12). The third-order valence-corrected chi connectivity index (χ3v) is 1.39. The number of carboxylic acids is 1. The van der Waals surface area contributed by atoms with Crippen LogP contribution in [0.25, 0.3) is 0 Å². The third kappa shape index (κ3) is 1.28. The number of benzene rings is 1. The van der Waals surface area contributed by atoms with E-state index in [4.69, 9.17) is 5.11 Å². The lowest BCUT2D eigenvalue weighted by molar-refractivity contribution is 0.0690. The van der Waals surface area contributed by atoms with Crippen LogP contribution in [0.1, 0.15) is 15.9 Å². The highest BCUT2D eigenvalue weighted by atomic mass is 19.2. The highest BCUT2D eigenvalue weighted by Crippen LogP contribution is 2.15. The molecule has 12 heavy (non-hydrogen) atoms. The van der Waals surface area contributed by atoms with Crippen molar-refractivity contribution in [1.29, 1.82) is 0 Å². The molecule has 0 aromatic heterocycles. The van der Waals surface area contributed by atoms with Gasteiger partial charge in [-0.15, -0.1) is 0 Å². The number of aromatic carboxylic acids is 1. The predicted molar refractivity (Wildman–Crippen MR) is 37.8 cm³/mol. The minimum absolute atomic E-state index is 0.155. The molecule has 1 aromatic rings. The molecule has 0 amide bonds. The quantitative estimate of drug-likeness (QED) is 0.700. The van der Waals surface area contributed by atoms with Crippen LogP contribution in [0, 0.1) is 18.6 Å². The molecule has 1 aromatic carbocycles. The zero-order chi connectivity index (χ0) is 9.30. The zero-order valence-corrected chi connectivity index (χ0v) is 5.97. The molecule has 0 aliphatic rings. The van der Waals surface area contributed by atoms with Gasteiger partial charge in [0, 0.05) is 0 Å². The number of hydrogen-bond donors (Lipinski definition) is 1. The molecule has 0 aliphatic carbocycles. The lowest BCUT2D eigenvalue weighted by Gasteiger charge is -2.00. The average Bonchev–Trinajstić information content (AvgIpc) is 2.00. The first-order valence-corrected chi connectivity index (χ1v) is 3.07. The maximum atomic E-state index is 12.7. The second kappa shape index (κ2) is 2.89. The van der Waals surface area contributed by atoms with Crippen molar-refractivity contribution >= 4 is 5.97 Å². The molecule has 0 aliphatic heterocycles. The van der Waals surface area contributed by atoms with Crippen molar-refractivity contribution in [3.05, 3.63) is 41.8 Å². The minimum Gasteiger partial charge on any atom is -0.478 e. The minimum atomic E-state index is -1.49. The van der Waals surface area contributed by atoms with Crippen LogP contribution in [0.4, 0.5) is 8.78 Å². The largest absolute Gasteiger partial charge is 0.478 e.